The van der Waals surface area contributed by atoms with Crippen LogP contribution in [0.15, 0.2) is 24.3 Å². The Morgan fingerprint density at radius 2 is 1.94 bits per heavy atom. The van der Waals surface area contributed by atoms with Gasteiger partial charge in [-0.15, -0.1) is 0 Å². The van der Waals surface area contributed by atoms with E-state index in [1.807, 2.05) is 18.2 Å². The van der Waals surface area contributed by atoms with Gasteiger partial charge in [-0.3, -0.25) is 4.90 Å². The quantitative estimate of drug-likeness (QED) is 0.817. The first-order valence-electron chi connectivity index (χ1n) is 6.74. The molecule has 0 aliphatic heterocycles. The molecular formula is C15H25ClN2. The molecule has 1 unspecified atom stereocenters. The Morgan fingerprint density at radius 1 is 1.28 bits per heavy atom. The molecular weight excluding hydrogens is 244 g/mol. The molecule has 0 aliphatic carbocycles. The van der Waals surface area contributed by atoms with Crippen LogP contribution in [-0.4, -0.2) is 24.0 Å². The first kappa shape index (κ1) is 15.5. The summed E-state index contributed by atoms with van der Waals surface area (Å²) < 4.78 is 0. The standard InChI is InChI=1S/C15H25ClN2/c1-4-10-15(5-2,12-17)18(3)11-13-8-6-7-9-14(13)16/h6-9H,4-5,10-12,17H2,1-3H3. The second kappa shape index (κ2) is 7.13. The van der Waals surface area contributed by atoms with Gasteiger partial charge in [-0.25, -0.2) is 0 Å². The van der Waals surface area contributed by atoms with E-state index >= 15 is 0 Å². The highest BCUT2D eigenvalue weighted by Crippen LogP contribution is 2.27. The Balaban J connectivity index is 2.85. The van der Waals surface area contributed by atoms with E-state index in [1.54, 1.807) is 0 Å². The smallest absolute Gasteiger partial charge is 0.0451 e. The zero-order valence-electron chi connectivity index (χ0n) is 11.7. The number of hydrogen-bond donors (Lipinski definition) is 1. The number of rotatable bonds is 7. The van der Waals surface area contributed by atoms with Crippen LogP contribution >= 0.6 is 11.6 Å². The van der Waals surface area contributed by atoms with Crippen LogP contribution in [0.5, 0.6) is 0 Å². The molecule has 0 radical (unpaired) electrons. The van der Waals surface area contributed by atoms with Gasteiger partial charge in [-0.1, -0.05) is 50.1 Å². The molecule has 0 aliphatic rings. The van der Waals surface area contributed by atoms with E-state index in [9.17, 15) is 0 Å². The number of likely N-dealkylation sites (N-methyl/N-ethyl adjacent to an activating group) is 1. The monoisotopic (exact) mass is 268 g/mol. The van der Waals surface area contributed by atoms with Crippen LogP contribution in [0.1, 0.15) is 38.7 Å². The van der Waals surface area contributed by atoms with Gasteiger partial charge in [0.15, 0.2) is 0 Å². The number of nitrogens with two attached hydrogens (primary N) is 1. The van der Waals surface area contributed by atoms with Crippen molar-refractivity contribution in [3.63, 3.8) is 0 Å². The van der Waals surface area contributed by atoms with Gasteiger partial charge in [0.1, 0.15) is 0 Å². The molecule has 1 aromatic carbocycles. The Labute approximate surface area is 116 Å². The van der Waals surface area contributed by atoms with Crippen LogP contribution in [0.3, 0.4) is 0 Å². The number of hydrogen-bond acceptors (Lipinski definition) is 2. The lowest BCUT2D eigenvalue weighted by Gasteiger charge is -2.41. The third kappa shape index (κ3) is 3.47. The molecule has 2 N–H and O–H groups in total. The minimum atomic E-state index is 0.0912. The fraction of sp³-hybridized carbons (Fsp3) is 0.600. The maximum atomic E-state index is 6.22. The van der Waals surface area contributed by atoms with Crippen molar-refractivity contribution in [2.75, 3.05) is 13.6 Å². The van der Waals surface area contributed by atoms with Crippen molar-refractivity contribution in [1.29, 1.82) is 0 Å². The summed E-state index contributed by atoms with van der Waals surface area (Å²) in [5.74, 6) is 0. The predicted molar refractivity (Wildman–Crippen MR) is 79.9 cm³/mol. The molecule has 1 atom stereocenters. The lowest BCUT2D eigenvalue weighted by Crippen LogP contribution is -2.51. The van der Waals surface area contributed by atoms with E-state index in [-0.39, 0.29) is 5.54 Å². The summed E-state index contributed by atoms with van der Waals surface area (Å²) in [6.07, 6.45) is 3.34. The maximum absolute atomic E-state index is 6.22. The maximum Gasteiger partial charge on any atom is 0.0451 e. The first-order valence-corrected chi connectivity index (χ1v) is 7.12. The molecule has 0 aromatic heterocycles. The van der Waals surface area contributed by atoms with E-state index in [4.69, 9.17) is 17.3 Å². The summed E-state index contributed by atoms with van der Waals surface area (Å²) >= 11 is 6.22. The molecule has 1 rings (SSSR count). The van der Waals surface area contributed by atoms with Crippen molar-refractivity contribution >= 4 is 11.6 Å². The van der Waals surface area contributed by atoms with Gasteiger partial charge >= 0.3 is 0 Å². The predicted octanol–water partition coefficient (Wildman–Crippen LogP) is 3.68. The van der Waals surface area contributed by atoms with Crippen molar-refractivity contribution in [3.8, 4) is 0 Å². The van der Waals surface area contributed by atoms with E-state index < -0.39 is 0 Å². The summed E-state index contributed by atoms with van der Waals surface area (Å²) in [7, 11) is 2.15. The van der Waals surface area contributed by atoms with Gasteiger partial charge in [0.2, 0.25) is 0 Å². The van der Waals surface area contributed by atoms with Crippen molar-refractivity contribution in [2.45, 2.75) is 45.2 Å². The topological polar surface area (TPSA) is 29.3 Å². The Hall–Kier alpha value is -0.570. The molecule has 2 nitrogen and oxygen atoms in total. The fourth-order valence-corrected chi connectivity index (χ4v) is 2.75. The molecule has 0 fully saturated rings. The zero-order valence-corrected chi connectivity index (χ0v) is 12.5. The van der Waals surface area contributed by atoms with Crippen LogP contribution in [0.25, 0.3) is 0 Å². The third-order valence-electron chi connectivity index (χ3n) is 3.93. The van der Waals surface area contributed by atoms with Gasteiger partial charge in [0, 0.05) is 23.7 Å². The first-order chi connectivity index (χ1) is 8.59. The van der Waals surface area contributed by atoms with E-state index in [0.717, 1.165) is 30.8 Å². The molecule has 0 amide bonds. The highest BCUT2D eigenvalue weighted by Gasteiger charge is 2.30. The van der Waals surface area contributed by atoms with Crippen LogP contribution in [0, 0.1) is 0 Å². The van der Waals surface area contributed by atoms with Gasteiger partial charge in [0.05, 0.1) is 0 Å². The van der Waals surface area contributed by atoms with Gasteiger partial charge < -0.3 is 5.73 Å². The van der Waals surface area contributed by atoms with Crippen LogP contribution in [0.2, 0.25) is 5.02 Å². The number of halogens is 1. The summed E-state index contributed by atoms with van der Waals surface area (Å²) in [5.41, 5.74) is 7.28. The molecule has 0 bridgehead atoms. The highest BCUT2D eigenvalue weighted by atomic mass is 35.5. The minimum absolute atomic E-state index is 0.0912. The third-order valence-corrected chi connectivity index (χ3v) is 4.30. The van der Waals surface area contributed by atoms with Gasteiger partial charge in [-0.05, 0) is 31.5 Å². The summed E-state index contributed by atoms with van der Waals surface area (Å²) in [6.45, 7) is 5.97. The van der Waals surface area contributed by atoms with Crippen molar-refractivity contribution < 1.29 is 0 Å². The Bertz CT molecular complexity index is 361. The van der Waals surface area contributed by atoms with E-state index in [1.165, 1.54) is 5.56 Å². The van der Waals surface area contributed by atoms with Crippen LogP contribution in [0.4, 0.5) is 0 Å². The molecule has 1 aromatic rings. The Kier molecular flexibility index (Phi) is 6.13. The van der Waals surface area contributed by atoms with Crippen LogP contribution in [-0.2, 0) is 6.54 Å². The molecule has 0 heterocycles. The molecule has 102 valence electrons. The minimum Gasteiger partial charge on any atom is -0.329 e. The lowest BCUT2D eigenvalue weighted by molar-refractivity contribution is 0.102. The van der Waals surface area contributed by atoms with Gasteiger partial charge in [-0.2, -0.15) is 0 Å². The summed E-state index contributed by atoms with van der Waals surface area (Å²) in [4.78, 5) is 2.36. The molecule has 0 saturated heterocycles. The second-order valence-electron chi connectivity index (χ2n) is 4.98. The zero-order chi connectivity index (χ0) is 13.6. The number of benzene rings is 1. The van der Waals surface area contributed by atoms with Gasteiger partial charge in [0.25, 0.3) is 0 Å². The average Bonchev–Trinajstić information content (AvgIpc) is 2.38. The largest absolute Gasteiger partial charge is 0.329 e. The SMILES string of the molecule is CCCC(CC)(CN)N(C)Cc1ccccc1Cl. The molecule has 3 heteroatoms. The van der Waals surface area contributed by atoms with E-state index in [2.05, 4.69) is 31.9 Å². The van der Waals surface area contributed by atoms with Crippen molar-refractivity contribution in [3.05, 3.63) is 34.9 Å². The average molecular weight is 269 g/mol. The molecule has 18 heavy (non-hydrogen) atoms. The normalized spacial score (nSPS) is 14.8. The molecule has 0 spiro atoms. The van der Waals surface area contributed by atoms with Crippen molar-refractivity contribution in [1.82, 2.24) is 4.90 Å². The lowest BCUT2D eigenvalue weighted by atomic mass is 9.88. The Morgan fingerprint density at radius 3 is 2.44 bits per heavy atom. The molecule has 0 saturated carbocycles. The second-order valence-corrected chi connectivity index (χ2v) is 5.39. The van der Waals surface area contributed by atoms with Crippen LogP contribution < -0.4 is 5.73 Å². The fourth-order valence-electron chi connectivity index (χ4n) is 2.55. The highest BCUT2D eigenvalue weighted by molar-refractivity contribution is 6.31. The summed E-state index contributed by atoms with van der Waals surface area (Å²) in [6, 6.07) is 8.03. The van der Waals surface area contributed by atoms with E-state index in [0.29, 0.717) is 6.54 Å². The van der Waals surface area contributed by atoms with Crippen molar-refractivity contribution in [2.24, 2.45) is 5.73 Å². The number of nitrogens with zero attached hydrogens (tertiary/aromatic N) is 1. The summed E-state index contributed by atoms with van der Waals surface area (Å²) in [5, 5.41) is 0.836.